The van der Waals surface area contributed by atoms with Gasteiger partial charge in [0.15, 0.2) is 24.0 Å². The van der Waals surface area contributed by atoms with Crippen molar-refractivity contribution >= 4 is 11.8 Å². The Bertz CT molecular complexity index is 770. The monoisotopic (exact) mass is 393 g/mol. The van der Waals surface area contributed by atoms with Crippen molar-refractivity contribution in [2.45, 2.75) is 70.0 Å². The van der Waals surface area contributed by atoms with Gasteiger partial charge in [0.1, 0.15) is 18.3 Å². The number of hydrogen-bond donors (Lipinski definition) is 2. The zero-order valence-corrected chi connectivity index (χ0v) is 16.0. The predicted octanol–water partition coefficient (Wildman–Crippen LogP) is 0.239. The molecule has 0 bridgehead atoms. The van der Waals surface area contributed by atoms with E-state index in [9.17, 15) is 9.59 Å². The minimum Gasteiger partial charge on any atom is -0.342 e. The first-order valence-corrected chi connectivity index (χ1v) is 9.02. The van der Waals surface area contributed by atoms with Crippen molar-refractivity contribution in [3.8, 4) is 0 Å². The third-order valence-corrected chi connectivity index (χ3v) is 4.64. The van der Waals surface area contributed by atoms with Gasteiger partial charge >= 0.3 is 0 Å². The van der Waals surface area contributed by atoms with E-state index in [1.807, 2.05) is 0 Å². The van der Waals surface area contributed by atoms with Gasteiger partial charge in [-0.25, -0.2) is 0 Å². The summed E-state index contributed by atoms with van der Waals surface area (Å²) in [4.78, 5) is 28.7. The summed E-state index contributed by atoms with van der Waals surface area (Å²) in [6, 6.07) is 3.20. The highest BCUT2D eigenvalue weighted by atomic mass is 16.9. The summed E-state index contributed by atoms with van der Waals surface area (Å²) in [6.45, 7) is 7.02. The van der Waals surface area contributed by atoms with E-state index in [-0.39, 0.29) is 0 Å². The summed E-state index contributed by atoms with van der Waals surface area (Å²) in [5.74, 6) is -2.88. The molecule has 0 spiro atoms. The lowest BCUT2D eigenvalue weighted by atomic mass is 9.98. The zero-order chi connectivity index (χ0) is 20.1. The van der Waals surface area contributed by atoms with E-state index in [1.54, 1.807) is 46.0 Å². The Morgan fingerprint density at radius 3 is 2.36 bits per heavy atom. The first-order chi connectivity index (χ1) is 13.2. The molecule has 0 unspecified atom stereocenters. The van der Waals surface area contributed by atoms with Gasteiger partial charge in [0.25, 0.3) is 11.8 Å². The molecule has 0 aromatic carbocycles. The van der Waals surface area contributed by atoms with Crippen LogP contribution in [-0.4, -0.2) is 59.1 Å². The van der Waals surface area contributed by atoms with Crippen LogP contribution in [0.5, 0.6) is 0 Å². The molecule has 152 valence electrons. The zero-order valence-electron chi connectivity index (χ0n) is 16.0. The van der Waals surface area contributed by atoms with E-state index in [2.05, 4.69) is 15.8 Å². The Balaban J connectivity index is 1.47. The van der Waals surface area contributed by atoms with Crippen molar-refractivity contribution in [3.05, 3.63) is 30.1 Å². The lowest BCUT2D eigenvalue weighted by Gasteiger charge is -2.36. The smallest absolute Gasteiger partial charge is 0.271 e. The molecule has 3 aliphatic rings. The fourth-order valence-corrected chi connectivity index (χ4v) is 3.58. The SMILES string of the molecule is CC1(C)O[C@@H]2O[C@H](C(=O)NNC(=O)c3cccnc3)[C@@H]3OC(C)(C)O[C@@H]3[C@@H]2O1. The summed E-state index contributed by atoms with van der Waals surface area (Å²) in [6.07, 6.45) is -0.716. The Labute approximate surface area is 161 Å². The molecular formula is C18H23N3O7. The molecule has 1 aromatic heterocycles. The van der Waals surface area contributed by atoms with Crippen LogP contribution in [0.1, 0.15) is 38.1 Å². The molecular weight excluding hydrogens is 370 g/mol. The number of hydrogen-bond acceptors (Lipinski definition) is 8. The van der Waals surface area contributed by atoms with Crippen LogP contribution in [0.3, 0.4) is 0 Å². The number of nitrogens with one attached hydrogen (secondary N) is 2. The molecule has 0 aliphatic carbocycles. The summed E-state index contributed by atoms with van der Waals surface area (Å²) in [5.41, 5.74) is 5.02. The van der Waals surface area contributed by atoms with E-state index in [4.69, 9.17) is 23.7 Å². The van der Waals surface area contributed by atoms with Gasteiger partial charge in [0.2, 0.25) is 0 Å². The van der Waals surface area contributed by atoms with E-state index in [0.717, 1.165) is 0 Å². The highest BCUT2D eigenvalue weighted by molar-refractivity contribution is 5.95. The normalized spacial score (nSPS) is 34.9. The van der Waals surface area contributed by atoms with Gasteiger partial charge in [-0.05, 0) is 39.8 Å². The molecule has 1 aromatic rings. The molecule has 0 radical (unpaired) electrons. The van der Waals surface area contributed by atoms with E-state index in [1.165, 1.54) is 6.20 Å². The second kappa shape index (κ2) is 6.75. The van der Waals surface area contributed by atoms with E-state index in [0.29, 0.717) is 5.56 Å². The molecule has 5 atom stereocenters. The second-order valence-electron chi connectivity index (χ2n) is 7.78. The number of pyridine rings is 1. The molecule has 2 amide bonds. The number of fused-ring (bicyclic) bond motifs is 3. The van der Waals surface area contributed by atoms with Gasteiger partial charge < -0.3 is 23.7 Å². The minimum atomic E-state index is -1.06. The third-order valence-electron chi connectivity index (χ3n) is 4.64. The molecule has 4 rings (SSSR count). The predicted molar refractivity (Wildman–Crippen MR) is 92.4 cm³/mol. The van der Waals surface area contributed by atoms with Crippen molar-refractivity contribution in [1.29, 1.82) is 0 Å². The third kappa shape index (κ3) is 3.61. The number of hydrazine groups is 1. The van der Waals surface area contributed by atoms with Crippen LogP contribution in [0.15, 0.2) is 24.5 Å². The Morgan fingerprint density at radius 2 is 1.64 bits per heavy atom. The van der Waals surface area contributed by atoms with Gasteiger partial charge in [0, 0.05) is 12.4 Å². The molecule has 2 N–H and O–H groups in total. The first kappa shape index (κ1) is 19.2. The lowest BCUT2D eigenvalue weighted by Crippen LogP contribution is -2.61. The Morgan fingerprint density at radius 1 is 0.964 bits per heavy atom. The van der Waals surface area contributed by atoms with Gasteiger partial charge in [-0.3, -0.25) is 25.4 Å². The molecule has 3 fully saturated rings. The van der Waals surface area contributed by atoms with Crippen LogP contribution in [0, 0.1) is 0 Å². The number of carbonyl (C=O) groups excluding carboxylic acids is 2. The van der Waals surface area contributed by atoms with E-state index >= 15 is 0 Å². The number of nitrogens with zero attached hydrogens (tertiary/aromatic N) is 1. The standard InChI is InChI=1S/C18H23N3O7/c1-17(2)25-10-11(26-17)13-16(28-18(3,4)27-13)24-12(10)15(23)21-20-14(22)9-6-5-7-19-8-9/h5-8,10-13,16H,1-4H3,(H,20,22)(H,21,23)/t10-,11+,12+,13+,16+/m1/s1. The van der Waals surface area contributed by atoms with Gasteiger partial charge in [-0.2, -0.15) is 0 Å². The maximum atomic E-state index is 12.7. The number of amides is 2. The summed E-state index contributed by atoms with van der Waals surface area (Å²) in [5, 5.41) is 0. The second-order valence-corrected chi connectivity index (χ2v) is 7.78. The summed E-state index contributed by atoms with van der Waals surface area (Å²) < 4.78 is 29.3. The van der Waals surface area contributed by atoms with Crippen molar-refractivity contribution in [2.75, 3.05) is 0 Å². The van der Waals surface area contributed by atoms with Gasteiger partial charge in [-0.1, -0.05) is 0 Å². The summed E-state index contributed by atoms with van der Waals surface area (Å²) >= 11 is 0. The molecule has 28 heavy (non-hydrogen) atoms. The van der Waals surface area contributed by atoms with Crippen LogP contribution >= 0.6 is 0 Å². The molecule has 4 heterocycles. The number of carbonyl (C=O) groups is 2. The Hall–Kier alpha value is -2.11. The largest absolute Gasteiger partial charge is 0.342 e. The Kier molecular flexibility index (Phi) is 4.63. The maximum absolute atomic E-state index is 12.7. The topological polar surface area (TPSA) is 117 Å². The van der Waals surface area contributed by atoms with Crippen LogP contribution in [0.2, 0.25) is 0 Å². The molecule has 10 heteroatoms. The van der Waals surface area contributed by atoms with Crippen LogP contribution in [0.4, 0.5) is 0 Å². The maximum Gasteiger partial charge on any atom is 0.271 e. The highest BCUT2D eigenvalue weighted by Crippen LogP contribution is 2.44. The molecule has 3 aliphatic heterocycles. The molecule has 10 nitrogen and oxygen atoms in total. The number of ether oxygens (including phenoxy) is 5. The van der Waals surface area contributed by atoms with Crippen molar-refractivity contribution < 1.29 is 33.3 Å². The lowest BCUT2D eigenvalue weighted by molar-refractivity contribution is -0.231. The molecule has 0 saturated carbocycles. The average Bonchev–Trinajstić information content (AvgIpc) is 3.13. The van der Waals surface area contributed by atoms with Crippen LogP contribution in [0.25, 0.3) is 0 Å². The van der Waals surface area contributed by atoms with Crippen LogP contribution in [-0.2, 0) is 28.5 Å². The van der Waals surface area contributed by atoms with Crippen molar-refractivity contribution in [2.24, 2.45) is 0 Å². The van der Waals surface area contributed by atoms with Gasteiger partial charge in [-0.15, -0.1) is 0 Å². The van der Waals surface area contributed by atoms with Gasteiger partial charge in [0.05, 0.1) is 5.56 Å². The molecule has 3 saturated heterocycles. The van der Waals surface area contributed by atoms with E-state index < -0.39 is 54.1 Å². The fraction of sp³-hybridized carbons (Fsp3) is 0.611. The number of aromatic nitrogens is 1. The average molecular weight is 393 g/mol. The van der Waals surface area contributed by atoms with Crippen molar-refractivity contribution in [3.63, 3.8) is 0 Å². The van der Waals surface area contributed by atoms with Crippen LogP contribution < -0.4 is 10.9 Å². The fourth-order valence-electron chi connectivity index (χ4n) is 3.58. The minimum absolute atomic E-state index is 0.307. The summed E-state index contributed by atoms with van der Waals surface area (Å²) in [7, 11) is 0. The first-order valence-electron chi connectivity index (χ1n) is 9.02. The quantitative estimate of drug-likeness (QED) is 0.686. The highest BCUT2D eigenvalue weighted by Gasteiger charge is 2.62. The number of rotatable bonds is 2. The van der Waals surface area contributed by atoms with Crippen molar-refractivity contribution in [1.82, 2.24) is 15.8 Å².